The standard InChI is InChI=1S/C12H13N5O3/c1-2-13-11(18)7-20-12(19)9-3-5-10(6-4-9)17-8-14-15-16-17/h3-6,8H,2,7H2,1H3,(H,13,18). The van der Waals surface area contributed by atoms with Gasteiger partial charge in [0.05, 0.1) is 11.3 Å². The summed E-state index contributed by atoms with van der Waals surface area (Å²) in [6.45, 7) is 2.00. The van der Waals surface area contributed by atoms with Crippen LogP contribution in [-0.2, 0) is 9.53 Å². The van der Waals surface area contributed by atoms with Crippen molar-refractivity contribution in [1.82, 2.24) is 25.5 Å². The number of nitrogens with one attached hydrogen (secondary N) is 1. The number of hydrogen-bond donors (Lipinski definition) is 1. The molecular formula is C12H13N5O3. The zero-order chi connectivity index (χ0) is 14.4. The lowest BCUT2D eigenvalue weighted by molar-refractivity contribution is -0.124. The number of tetrazole rings is 1. The average molecular weight is 275 g/mol. The monoisotopic (exact) mass is 275 g/mol. The number of esters is 1. The van der Waals surface area contributed by atoms with Gasteiger partial charge in [-0.05, 0) is 41.6 Å². The second kappa shape index (κ2) is 6.41. The van der Waals surface area contributed by atoms with Gasteiger partial charge in [0.25, 0.3) is 5.91 Å². The summed E-state index contributed by atoms with van der Waals surface area (Å²) in [5, 5.41) is 13.3. The van der Waals surface area contributed by atoms with Gasteiger partial charge >= 0.3 is 5.97 Å². The zero-order valence-corrected chi connectivity index (χ0v) is 10.8. The number of rotatable bonds is 5. The molecule has 0 saturated carbocycles. The van der Waals surface area contributed by atoms with Crippen LogP contribution in [0.1, 0.15) is 17.3 Å². The third-order valence-corrected chi connectivity index (χ3v) is 2.42. The lowest BCUT2D eigenvalue weighted by Gasteiger charge is -2.05. The van der Waals surface area contributed by atoms with Crippen LogP contribution in [-0.4, -0.2) is 45.2 Å². The van der Waals surface area contributed by atoms with Crippen molar-refractivity contribution in [2.75, 3.05) is 13.2 Å². The number of ether oxygens (including phenoxy) is 1. The number of carbonyl (C=O) groups is 2. The van der Waals surface area contributed by atoms with E-state index >= 15 is 0 Å². The van der Waals surface area contributed by atoms with E-state index in [4.69, 9.17) is 4.74 Å². The van der Waals surface area contributed by atoms with Crippen LogP contribution in [0.5, 0.6) is 0 Å². The van der Waals surface area contributed by atoms with Crippen molar-refractivity contribution in [3.63, 3.8) is 0 Å². The lowest BCUT2D eigenvalue weighted by atomic mass is 10.2. The van der Waals surface area contributed by atoms with Crippen molar-refractivity contribution in [3.05, 3.63) is 36.2 Å². The first-order valence-electron chi connectivity index (χ1n) is 5.98. The number of likely N-dealkylation sites (N-methyl/N-ethyl adjacent to an activating group) is 1. The van der Waals surface area contributed by atoms with Crippen molar-refractivity contribution in [3.8, 4) is 5.69 Å². The van der Waals surface area contributed by atoms with E-state index in [1.165, 1.54) is 11.0 Å². The Labute approximate surface area is 114 Å². The predicted octanol–water partition coefficient (Wildman–Crippen LogP) is -0.0448. The Hall–Kier alpha value is -2.77. The van der Waals surface area contributed by atoms with Gasteiger partial charge < -0.3 is 10.1 Å². The van der Waals surface area contributed by atoms with E-state index in [9.17, 15) is 9.59 Å². The minimum absolute atomic E-state index is 0.290. The maximum atomic E-state index is 11.7. The Bertz CT molecular complexity index is 580. The summed E-state index contributed by atoms with van der Waals surface area (Å²) in [6, 6.07) is 6.52. The van der Waals surface area contributed by atoms with Gasteiger partial charge in [-0.1, -0.05) is 0 Å². The van der Waals surface area contributed by atoms with Crippen LogP contribution in [0.25, 0.3) is 5.69 Å². The second-order valence-electron chi connectivity index (χ2n) is 3.83. The van der Waals surface area contributed by atoms with Gasteiger partial charge in [0.2, 0.25) is 0 Å². The van der Waals surface area contributed by atoms with Crippen molar-refractivity contribution in [1.29, 1.82) is 0 Å². The summed E-state index contributed by atoms with van der Waals surface area (Å²) in [6.07, 6.45) is 1.45. The zero-order valence-electron chi connectivity index (χ0n) is 10.8. The van der Waals surface area contributed by atoms with Gasteiger partial charge in [0.15, 0.2) is 6.61 Å². The van der Waals surface area contributed by atoms with Gasteiger partial charge in [0.1, 0.15) is 6.33 Å². The van der Waals surface area contributed by atoms with Crippen molar-refractivity contribution in [2.24, 2.45) is 0 Å². The highest BCUT2D eigenvalue weighted by Gasteiger charge is 2.10. The topological polar surface area (TPSA) is 99.0 Å². The molecule has 0 fully saturated rings. The fraction of sp³-hybridized carbons (Fsp3) is 0.250. The Kier molecular flexibility index (Phi) is 4.38. The van der Waals surface area contributed by atoms with E-state index in [0.29, 0.717) is 12.1 Å². The highest BCUT2D eigenvalue weighted by Crippen LogP contribution is 2.08. The van der Waals surface area contributed by atoms with E-state index in [1.807, 2.05) is 0 Å². The minimum Gasteiger partial charge on any atom is -0.452 e. The number of hydrogen-bond acceptors (Lipinski definition) is 6. The number of nitrogens with zero attached hydrogens (tertiary/aromatic N) is 4. The molecule has 0 saturated heterocycles. The molecule has 2 rings (SSSR count). The second-order valence-corrected chi connectivity index (χ2v) is 3.83. The van der Waals surface area contributed by atoms with E-state index < -0.39 is 5.97 Å². The molecule has 8 heteroatoms. The van der Waals surface area contributed by atoms with Crippen molar-refractivity contribution >= 4 is 11.9 Å². The van der Waals surface area contributed by atoms with Crippen LogP contribution < -0.4 is 5.32 Å². The summed E-state index contributed by atoms with van der Waals surface area (Å²) >= 11 is 0. The summed E-state index contributed by atoms with van der Waals surface area (Å²) in [5.41, 5.74) is 1.07. The molecule has 1 aromatic carbocycles. The fourth-order valence-electron chi connectivity index (χ4n) is 1.49. The van der Waals surface area contributed by atoms with Crippen LogP contribution >= 0.6 is 0 Å². The van der Waals surface area contributed by atoms with Gasteiger partial charge in [-0.2, -0.15) is 0 Å². The largest absolute Gasteiger partial charge is 0.452 e. The van der Waals surface area contributed by atoms with Gasteiger partial charge in [-0.25, -0.2) is 9.48 Å². The Morgan fingerprint density at radius 3 is 2.65 bits per heavy atom. The summed E-state index contributed by atoms with van der Waals surface area (Å²) in [7, 11) is 0. The molecule has 0 aliphatic carbocycles. The SMILES string of the molecule is CCNC(=O)COC(=O)c1ccc(-n2cnnn2)cc1. The normalized spacial score (nSPS) is 10.1. The lowest BCUT2D eigenvalue weighted by Crippen LogP contribution is -2.28. The van der Waals surface area contributed by atoms with Gasteiger partial charge in [-0.3, -0.25) is 4.79 Å². The number of aromatic nitrogens is 4. The minimum atomic E-state index is -0.556. The maximum Gasteiger partial charge on any atom is 0.338 e. The predicted molar refractivity (Wildman–Crippen MR) is 68.1 cm³/mol. The highest BCUT2D eigenvalue weighted by atomic mass is 16.5. The van der Waals surface area contributed by atoms with Crippen LogP contribution in [0.3, 0.4) is 0 Å². The molecule has 2 aromatic rings. The first-order chi connectivity index (χ1) is 9.70. The number of carbonyl (C=O) groups excluding carboxylic acids is 2. The molecule has 8 nitrogen and oxygen atoms in total. The van der Waals surface area contributed by atoms with Crippen molar-refractivity contribution in [2.45, 2.75) is 6.92 Å². The van der Waals surface area contributed by atoms with Gasteiger partial charge in [0, 0.05) is 6.54 Å². The van der Waals surface area contributed by atoms with E-state index in [-0.39, 0.29) is 12.5 Å². The summed E-state index contributed by atoms with van der Waals surface area (Å²) < 4.78 is 6.34. The molecule has 0 unspecified atom stereocenters. The molecule has 104 valence electrons. The maximum absolute atomic E-state index is 11.7. The molecule has 0 aliphatic heterocycles. The number of amides is 1. The van der Waals surface area contributed by atoms with Crippen LogP contribution in [0.15, 0.2) is 30.6 Å². The molecule has 1 heterocycles. The van der Waals surface area contributed by atoms with Crippen LogP contribution in [0.2, 0.25) is 0 Å². The first kappa shape index (κ1) is 13.7. The molecule has 20 heavy (non-hydrogen) atoms. The molecular weight excluding hydrogens is 262 g/mol. The molecule has 0 bridgehead atoms. The Balaban J connectivity index is 1.96. The molecule has 0 spiro atoms. The quantitative estimate of drug-likeness (QED) is 0.768. The molecule has 0 radical (unpaired) electrons. The Morgan fingerprint density at radius 1 is 1.30 bits per heavy atom. The smallest absolute Gasteiger partial charge is 0.338 e. The third-order valence-electron chi connectivity index (χ3n) is 2.42. The molecule has 1 N–H and O–H groups in total. The number of benzene rings is 1. The summed E-state index contributed by atoms with van der Waals surface area (Å²) in [5.74, 6) is -0.884. The summed E-state index contributed by atoms with van der Waals surface area (Å²) in [4.78, 5) is 22.9. The first-order valence-corrected chi connectivity index (χ1v) is 5.98. The molecule has 1 amide bonds. The van der Waals surface area contributed by atoms with E-state index in [0.717, 1.165) is 5.69 Å². The van der Waals surface area contributed by atoms with Crippen LogP contribution in [0, 0.1) is 0 Å². The highest BCUT2D eigenvalue weighted by molar-refractivity contribution is 5.91. The molecule has 0 atom stereocenters. The van der Waals surface area contributed by atoms with Crippen LogP contribution in [0.4, 0.5) is 0 Å². The fourth-order valence-corrected chi connectivity index (χ4v) is 1.49. The van der Waals surface area contributed by atoms with Gasteiger partial charge in [-0.15, -0.1) is 5.10 Å². The van der Waals surface area contributed by atoms with E-state index in [2.05, 4.69) is 20.8 Å². The molecule has 1 aromatic heterocycles. The molecule has 0 aliphatic rings. The Morgan fingerprint density at radius 2 is 2.05 bits per heavy atom. The van der Waals surface area contributed by atoms with E-state index in [1.54, 1.807) is 31.2 Å². The third kappa shape index (κ3) is 3.37. The van der Waals surface area contributed by atoms with Crippen molar-refractivity contribution < 1.29 is 14.3 Å². The average Bonchev–Trinajstić information content (AvgIpc) is 2.99.